The standard InChI is InChI=1S/C15H24N2O2/c1-8(2)10-5-4-9(3)6-11(10)14-12-7-16-17-13(12)15(18)19-14/h8-14H,4-7H2,1-3H3/t9-,10+,11-,12+,13-,14-/m0/s1. The summed E-state index contributed by atoms with van der Waals surface area (Å²) in [5, 5.41) is 8.14. The van der Waals surface area contributed by atoms with Gasteiger partial charge in [-0.3, -0.25) is 0 Å². The molecule has 1 saturated carbocycles. The van der Waals surface area contributed by atoms with Crippen LogP contribution in [-0.2, 0) is 9.53 Å². The molecule has 4 nitrogen and oxygen atoms in total. The van der Waals surface area contributed by atoms with Crippen LogP contribution in [0, 0.1) is 29.6 Å². The van der Waals surface area contributed by atoms with Gasteiger partial charge in [0, 0.05) is 0 Å². The minimum Gasteiger partial charge on any atom is -0.460 e. The number of rotatable bonds is 2. The first kappa shape index (κ1) is 13.1. The molecular weight excluding hydrogens is 240 g/mol. The van der Waals surface area contributed by atoms with E-state index in [2.05, 4.69) is 31.0 Å². The van der Waals surface area contributed by atoms with Crippen molar-refractivity contribution in [1.29, 1.82) is 0 Å². The molecule has 1 aliphatic carbocycles. The normalized spacial score (nSPS) is 45.6. The molecule has 0 unspecified atom stereocenters. The Bertz CT molecular complexity index is 394. The summed E-state index contributed by atoms with van der Waals surface area (Å²) in [7, 11) is 0. The van der Waals surface area contributed by atoms with Crippen molar-refractivity contribution >= 4 is 5.97 Å². The van der Waals surface area contributed by atoms with Gasteiger partial charge in [-0.2, -0.15) is 10.2 Å². The number of carbonyl (C=O) groups is 1. The molecule has 0 aromatic rings. The van der Waals surface area contributed by atoms with Crippen LogP contribution in [0.3, 0.4) is 0 Å². The van der Waals surface area contributed by atoms with Crippen LogP contribution in [0.15, 0.2) is 10.2 Å². The Morgan fingerprint density at radius 3 is 2.79 bits per heavy atom. The molecule has 0 aromatic carbocycles. The third-order valence-electron chi connectivity index (χ3n) is 5.32. The number of ether oxygens (including phenoxy) is 1. The Hall–Kier alpha value is -0.930. The van der Waals surface area contributed by atoms with Gasteiger partial charge in [0.1, 0.15) is 6.10 Å². The number of azo groups is 1. The predicted octanol–water partition coefficient (Wildman–Crippen LogP) is 3.07. The number of nitrogens with zero attached hydrogens (tertiary/aromatic N) is 2. The van der Waals surface area contributed by atoms with Crippen LogP contribution in [0.2, 0.25) is 0 Å². The second-order valence-corrected chi connectivity index (χ2v) is 6.94. The van der Waals surface area contributed by atoms with Gasteiger partial charge in [-0.15, -0.1) is 0 Å². The largest absolute Gasteiger partial charge is 0.460 e. The van der Waals surface area contributed by atoms with Crippen molar-refractivity contribution in [3.05, 3.63) is 0 Å². The topological polar surface area (TPSA) is 51.0 Å². The molecule has 0 bridgehead atoms. The van der Waals surface area contributed by atoms with Crippen molar-refractivity contribution in [1.82, 2.24) is 0 Å². The monoisotopic (exact) mass is 264 g/mol. The van der Waals surface area contributed by atoms with E-state index in [1.165, 1.54) is 19.3 Å². The summed E-state index contributed by atoms with van der Waals surface area (Å²) in [6.07, 6.45) is 3.82. The first-order valence-corrected chi connectivity index (χ1v) is 7.65. The smallest absolute Gasteiger partial charge is 0.333 e. The average molecular weight is 264 g/mol. The lowest BCUT2D eigenvalue weighted by molar-refractivity contribution is -0.146. The highest BCUT2D eigenvalue weighted by Crippen LogP contribution is 2.46. The van der Waals surface area contributed by atoms with Crippen molar-refractivity contribution in [2.45, 2.75) is 52.2 Å². The Labute approximate surface area is 115 Å². The van der Waals surface area contributed by atoms with Gasteiger partial charge in [-0.05, 0) is 36.5 Å². The van der Waals surface area contributed by atoms with Gasteiger partial charge >= 0.3 is 5.97 Å². The van der Waals surface area contributed by atoms with Crippen molar-refractivity contribution in [2.24, 2.45) is 39.8 Å². The fourth-order valence-corrected chi connectivity index (χ4v) is 4.27. The van der Waals surface area contributed by atoms with Crippen LogP contribution in [0.5, 0.6) is 0 Å². The summed E-state index contributed by atoms with van der Waals surface area (Å²) in [5.41, 5.74) is 0. The van der Waals surface area contributed by atoms with Crippen LogP contribution in [-0.4, -0.2) is 24.7 Å². The van der Waals surface area contributed by atoms with Crippen LogP contribution in [0.4, 0.5) is 0 Å². The summed E-state index contributed by atoms with van der Waals surface area (Å²) < 4.78 is 5.70. The first-order valence-electron chi connectivity index (χ1n) is 7.65. The molecule has 0 N–H and O–H groups in total. The van der Waals surface area contributed by atoms with Gasteiger partial charge < -0.3 is 4.74 Å². The van der Waals surface area contributed by atoms with E-state index in [1.54, 1.807) is 0 Å². The molecule has 2 fully saturated rings. The Morgan fingerprint density at radius 1 is 1.26 bits per heavy atom. The van der Waals surface area contributed by atoms with Crippen LogP contribution >= 0.6 is 0 Å². The van der Waals surface area contributed by atoms with Crippen LogP contribution in [0.1, 0.15) is 40.0 Å². The fourth-order valence-electron chi connectivity index (χ4n) is 4.27. The molecule has 3 aliphatic rings. The second kappa shape index (κ2) is 4.88. The molecule has 4 heteroatoms. The van der Waals surface area contributed by atoms with Gasteiger partial charge in [0.05, 0.1) is 12.5 Å². The van der Waals surface area contributed by atoms with Crippen molar-refractivity contribution < 1.29 is 9.53 Å². The molecule has 106 valence electrons. The first-order chi connectivity index (χ1) is 9.08. The van der Waals surface area contributed by atoms with Crippen LogP contribution < -0.4 is 0 Å². The van der Waals surface area contributed by atoms with Gasteiger partial charge in [-0.25, -0.2) is 4.79 Å². The zero-order valence-corrected chi connectivity index (χ0v) is 12.1. The summed E-state index contributed by atoms with van der Waals surface area (Å²) in [4.78, 5) is 11.9. The maximum atomic E-state index is 11.9. The maximum absolute atomic E-state index is 11.9. The molecule has 2 heterocycles. The lowest BCUT2D eigenvalue weighted by atomic mass is 9.66. The zero-order valence-electron chi connectivity index (χ0n) is 12.1. The van der Waals surface area contributed by atoms with Gasteiger partial charge in [0.2, 0.25) is 0 Å². The van der Waals surface area contributed by atoms with Crippen molar-refractivity contribution in [3.8, 4) is 0 Å². The minimum absolute atomic E-state index is 0.0580. The summed E-state index contributed by atoms with van der Waals surface area (Å²) in [5.74, 6) is 2.65. The van der Waals surface area contributed by atoms with E-state index in [1.807, 2.05) is 0 Å². The molecule has 1 saturated heterocycles. The van der Waals surface area contributed by atoms with E-state index in [9.17, 15) is 4.79 Å². The quantitative estimate of drug-likeness (QED) is 0.720. The number of fused-ring (bicyclic) bond motifs is 1. The third-order valence-corrected chi connectivity index (χ3v) is 5.32. The van der Waals surface area contributed by atoms with Gasteiger partial charge in [0.15, 0.2) is 6.04 Å². The lowest BCUT2D eigenvalue weighted by Crippen LogP contribution is -2.40. The number of cyclic esters (lactones) is 1. The fraction of sp³-hybridized carbons (Fsp3) is 0.933. The predicted molar refractivity (Wildman–Crippen MR) is 71.7 cm³/mol. The third kappa shape index (κ3) is 2.19. The van der Waals surface area contributed by atoms with E-state index in [4.69, 9.17) is 4.74 Å². The lowest BCUT2D eigenvalue weighted by Gasteiger charge is -2.40. The Morgan fingerprint density at radius 2 is 2.05 bits per heavy atom. The number of carbonyl (C=O) groups excluding carboxylic acids is 1. The Balaban J connectivity index is 1.81. The molecule has 0 radical (unpaired) electrons. The van der Waals surface area contributed by atoms with E-state index < -0.39 is 0 Å². The van der Waals surface area contributed by atoms with Gasteiger partial charge in [-0.1, -0.05) is 27.2 Å². The SMILES string of the molecule is CC(C)[C@H]1CC[C@H](C)C[C@@H]1[C@@H]1OC(=O)[C@H]2N=NC[C@@H]12. The van der Waals surface area contributed by atoms with Crippen molar-refractivity contribution in [3.63, 3.8) is 0 Å². The molecule has 0 amide bonds. The molecular formula is C15H24N2O2. The van der Waals surface area contributed by atoms with Crippen molar-refractivity contribution in [2.75, 3.05) is 6.54 Å². The molecule has 19 heavy (non-hydrogen) atoms. The molecule has 0 aromatic heterocycles. The average Bonchev–Trinajstić information content (AvgIpc) is 2.93. The summed E-state index contributed by atoms with van der Waals surface area (Å²) in [6, 6.07) is -0.296. The van der Waals surface area contributed by atoms with E-state index in [0.717, 1.165) is 5.92 Å². The number of esters is 1. The highest BCUT2D eigenvalue weighted by Gasteiger charge is 2.52. The highest BCUT2D eigenvalue weighted by molar-refractivity contribution is 5.79. The molecule has 6 atom stereocenters. The second-order valence-electron chi connectivity index (χ2n) is 6.94. The Kier molecular flexibility index (Phi) is 3.35. The molecule has 3 rings (SSSR count). The molecule has 0 spiro atoms. The summed E-state index contributed by atoms with van der Waals surface area (Å²) in [6.45, 7) is 7.59. The highest BCUT2D eigenvalue weighted by atomic mass is 16.6. The minimum atomic E-state index is -0.296. The number of hydrogen-bond acceptors (Lipinski definition) is 4. The van der Waals surface area contributed by atoms with Crippen LogP contribution in [0.25, 0.3) is 0 Å². The summed E-state index contributed by atoms with van der Waals surface area (Å²) >= 11 is 0. The zero-order chi connectivity index (χ0) is 13.6. The number of hydrogen-bond donors (Lipinski definition) is 0. The van der Waals surface area contributed by atoms with E-state index in [-0.39, 0.29) is 24.0 Å². The molecule has 2 aliphatic heterocycles. The van der Waals surface area contributed by atoms with E-state index >= 15 is 0 Å². The van der Waals surface area contributed by atoms with E-state index in [0.29, 0.717) is 24.3 Å². The van der Waals surface area contributed by atoms with Gasteiger partial charge in [0.25, 0.3) is 0 Å². The maximum Gasteiger partial charge on any atom is 0.333 e.